The molecular weight excluding hydrogens is 394 g/mol. The van der Waals surface area contributed by atoms with Crippen LogP contribution in [0.2, 0.25) is 0 Å². The molecule has 1 atom stereocenters. The zero-order valence-electron chi connectivity index (χ0n) is 18.9. The molecule has 8 heteroatoms. The molecule has 2 aromatic rings. The highest BCUT2D eigenvalue weighted by Gasteiger charge is 2.27. The van der Waals surface area contributed by atoms with Crippen molar-refractivity contribution >= 4 is 11.8 Å². The van der Waals surface area contributed by atoms with E-state index < -0.39 is 0 Å². The molecule has 1 saturated heterocycles. The first-order valence-corrected chi connectivity index (χ1v) is 11.0. The lowest BCUT2D eigenvalue weighted by molar-refractivity contribution is -0.134. The van der Waals surface area contributed by atoms with Crippen LogP contribution in [0.4, 0.5) is 0 Å². The monoisotopic (exact) mass is 427 g/mol. The van der Waals surface area contributed by atoms with Crippen LogP contribution in [0.1, 0.15) is 51.1 Å². The number of amides is 2. The number of rotatable bonds is 8. The zero-order chi connectivity index (χ0) is 22.4. The van der Waals surface area contributed by atoms with Crippen molar-refractivity contribution < 1.29 is 14.1 Å². The normalized spacial score (nSPS) is 15.8. The molecule has 1 aromatic heterocycles. The van der Waals surface area contributed by atoms with Crippen LogP contribution >= 0.6 is 0 Å². The third-order valence-electron chi connectivity index (χ3n) is 5.71. The number of nitrogens with zero attached hydrogens (tertiary/aromatic N) is 4. The number of hydrogen-bond donors (Lipinski definition) is 1. The lowest BCUT2D eigenvalue weighted by atomic mass is 10.1. The summed E-state index contributed by atoms with van der Waals surface area (Å²) in [5.74, 6) is 1.54. The number of piperazine rings is 1. The molecular formula is C23H33N5O3. The van der Waals surface area contributed by atoms with Crippen molar-refractivity contribution in [1.29, 1.82) is 0 Å². The smallest absolute Gasteiger partial charge is 0.244 e. The SMILES string of the molecule is Cc1ccc(-c2noc(C(C)N3CCN(C(=O)CNC(=O)CCC(C)C)CC3)n2)cc1. The van der Waals surface area contributed by atoms with Crippen LogP contribution in [0, 0.1) is 12.8 Å². The molecule has 0 saturated carbocycles. The summed E-state index contributed by atoms with van der Waals surface area (Å²) in [6.45, 7) is 11.0. The van der Waals surface area contributed by atoms with Crippen molar-refractivity contribution in [3.8, 4) is 11.4 Å². The Kier molecular flexibility index (Phi) is 7.79. The van der Waals surface area contributed by atoms with Gasteiger partial charge in [-0.1, -0.05) is 48.8 Å². The van der Waals surface area contributed by atoms with Crippen LogP contribution in [0.3, 0.4) is 0 Å². The van der Waals surface area contributed by atoms with E-state index in [1.165, 1.54) is 5.56 Å². The van der Waals surface area contributed by atoms with Crippen molar-refractivity contribution in [2.45, 2.75) is 46.6 Å². The van der Waals surface area contributed by atoms with Gasteiger partial charge in [0.05, 0.1) is 12.6 Å². The minimum Gasteiger partial charge on any atom is -0.347 e. The minimum atomic E-state index is -0.0601. The van der Waals surface area contributed by atoms with Gasteiger partial charge in [-0.25, -0.2) is 0 Å². The Morgan fingerprint density at radius 2 is 1.77 bits per heavy atom. The van der Waals surface area contributed by atoms with E-state index in [-0.39, 0.29) is 24.4 Å². The van der Waals surface area contributed by atoms with E-state index in [4.69, 9.17) is 4.52 Å². The highest BCUT2D eigenvalue weighted by atomic mass is 16.5. The summed E-state index contributed by atoms with van der Waals surface area (Å²) in [7, 11) is 0. The first kappa shape index (κ1) is 22.9. The Labute approximate surface area is 184 Å². The van der Waals surface area contributed by atoms with Crippen LogP contribution in [0.5, 0.6) is 0 Å². The van der Waals surface area contributed by atoms with Gasteiger partial charge in [-0.05, 0) is 26.2 Å². The van der Waals surface area contributed by atoms with Gasteiger partial charge in [0, 0.05) is 38.2 Å². The first-order chi connectivity index (χ1) is 14.8. The van der Waals surface area contributed by atoms with Crippen molar-refractivity contribution in [1.82, 2.24) is 25.3 Å². The number of carbonyl (C=O) groups excluding carboxylic acids is 2. The number of aromatic nitrogens is 2. The standard InChI is InChI=1S/C23H33N5O3/c1-16(2)5-10-20(29)24-15-21(30)28-13-11-27(12-14-28)18(4)23-25-22(26-31-23)19-8-6-17(3)7-9-19/h6-9,16,18H,5,10-15H2,1-4H3,(H,24,29). The fourth-order valence-electron chi connectivity index (χ4n) is 3.53. The lowest BCUT2D eigenvalue weighted by Crippen LogP contribution is -2.51. The summed E-state index contributed by atoms with van der Waals surface area (Å²) in [6.07, 6.45) is 1.29. The quantitative estimate of drug-likeness (QED) is 0.697. The molecule has 8 nitrogen and oxygen atoms in total. The van der Waals surface area contributed by atoms with E-state index in [9.17, 15) is 9.59 Å². The van der Waals surface area contributed by atoms with Gasteiger partial charge in [-0.15, -0.1) is 0 Å². The van der Waals surface area contributed by atoms with Crippen LogP contribution < -0.4 is 5.32 Å². The number of hydrogen-bond acceptors (Lipinski definition) is 6. The second-order valence-corrected chi connectivity index (χ2v) is 8.62. The Hall–Kier alpha value is -2.74. The summed E-state index contributed by atoms with van der Waals surface area (Å²) in [4.78, 5) is 32.9. The molecule has 1 fully saturated rings. The number of aryl methyl sites for hydroxylation is 1. The maximum Gasteiger partial charge on any atom is 0.244 e. The molecule has 0 bridgehead atoms. The molecule has 31 heavy (non-hydrogen) atoms. The maximum absolute atomic E-state index is 12.4. The molecule has 2 amide bonds. The molecule has 3 rings (SSSR count). The average molecular weight is 428 g/mol. The van der Waals surface area contributed by atoms with Gasteiger partial charge in [0.1, 0.15) is 0 Å². The summed E-state index contributed by atoms with van der Waals surface area (Å²) in [5, 5.41) is 6.86. The summed E-state index contributed by atoms with van der Waals surface area (Å²) < 4.78 is 5.51. The van der Waals surface area contributed by atoms with Crippen LogP contribution in [-0.4, -0.2) is 64.5 Å². The van der Waals surface area contributed by atoms with E-state index >= 15 is 0 Å². The average Bonchev–Trinajstić information content (AvgIpc) is 3.26. The summed E-state index contributed by atoms with van der Waals surface area (Å²) in [5.41, 5.74) is 2.11. The van der Waals surface area contributed by atoms with Gasteiger partial charge in [-0.3, -0.25) is 14.5 Å². The molecule has 1 aromatic carbocycles. The number of benzene rings is 1. The fourth-order valence-corrected chi connectivity index (χ4v) is 3.53. The van der Waals surface area contributed by atoms with Gasteiger partial charge < -0.3 is 14.7 Å². The van der Waals surface area contributed by atoms with Crippen molar-refractivity contribution in [2.75, 3.05) is 32.7 Å². The predicted octanol–water partition coefficient (Wildman–Crippen LogP) is 2.80. The van der Waals surface area contributed by atoms with Gasteiger partial charge >= 0.3 is 0 Å². The number of carbonyl (C=O) groups is 2. The zero-order valence-corrected chi connectivity index (χ0v) is 18.9. The Bertz CT molecular complexity index is 870. The molecule has 1 aliphatic rings. The van der Waals surface area contributed by atoms with E-state index in [2.05, 4.69) is 34.2 Å². The summed E-state index contributed by atoms with van der Waals surface area (Å²) >= 11 is 0. The van der Waals surface area contributed by atoms with Gasteiger partial charge in [-0.2, -0.15) is 4.98 Å². The largest absolute Gasteiger partial charge is 0.347 e. The third kappa shape index (κ3) is 6.37. The molecule has 1 unspecified atom stereocenters. The third-order valence-corrected chi connectivity index (χ3v) is 5.71. The van der Waals surface area contributed by atoms with E-state index in [0.717, 1.165) is 25.1 Å². The van der Waals surface area contributed by atoms with E-state index in [1.54, 1.807) is 4.90 Å². The molecule has 1 N–H and O–H groups in total. The van der Waals surface area contributed by atoms with Crippen LogP contribution in [0.25, 0.3) is 11.4 Å². The number of nitrogens with one attached hydrogen (secondary N) is 1. The fraction of sp³-hybridized carbons (Fsp3) is 0.565. The highest BCUT2D eigenvalue weighted by Crippen LogP contribution is 2.23. The van der Waals surface area contributed by atoms with Crippen molar-refractivity contribution in [3.63, 3.8) is 0 Å². The Balaban J connectivity index is 1.46. The molecule has 0 spiro atoms. The Morgan fingerprint density at radius 1 is 1.10 bits per heavy atom. The molecule has 2 heterocycles. The topological polar surface area (TPSA) is 91.6 Å². The lowest BCUT2D eigenvalue weighted by Gasteiger charge is -2.36. The van der Waals surface area contributed by atoms with E-state index in [0.29, 0.717) is 37.1 Å². The predicted molar refractivity (Wildman–Crippen MR) is 118 cm³/mol. The Morgan fingerprint density at radius 3 is 2.42 bits per heavy atom. The van der Waals surface area contributed by atoms with Gasteiger partial charge in [0.2, 0.25) is 23.5 Å². The second-order valence-electron chi connectivity index (χ2n) is 8.62. The van der Waals surface area contributed by atoms with Crippen molar-refractivity contribution in [2.24, 2.45) is 5.92 Å². The second kappa shape index (κ2) is 10.5. The molecule has 0 aliphatic carbocycles. The van der Waals surface area contributed by atoms with Gasteiger partial charge in [0.15, 0.2) is 0 Å². The molecule has 1 aliphatic heterocycles. The van der Waals surface area contributed by atoms with Gasteiger partial charge in [0.25, 0.3) is 0 Å². The molecule has 168 valence electrons. The van der Waals surface area contributed by atoms with Crippen molar-refractivity contribution in [3.05, 3.63) is 35.7 Å². The maximum atomic E-state index is 12.4. The summed E-state index contributed by atoms with van der Waals surface area (Å²) in [6, 6.07) is 8.00. The molecule has 0 radical (unpaired) electrons. The van der Waals surface area contributed by atoms with E-state index in [1.807, 2.05) is 38.1 Å². The van der Waals surface area contributed by atoms with Crippen LogP contribution in [-0.2, 0) is 9.59 Å². The first-order valence-electron chi connectivity index (χ1n) is 11.0. The van der Waals surface area contributed by atoms with Crippen LogP contribution in [0.15, 0.2) is 28.8 Å². The minimum absolute atomic E-state index is 0.0281. The highest BCUT2D eigenvalue weighted by molar-refractivity contribution is 5.84.